The second-order valence-corrected chi connectivity index (χ2v) is 5.06. The Morgan fingerprint density at radius 2 is 2.00 bits per heavy atom. The summed E-state index contributed by atoms with van der Waals surface area (Å²) in [5, 5.41) is 5.90. The van der Waals surface area contributed by atoms with Gasteiger partial charge < -0.3 is 15.4 Å². The zero-order valence-electron chi connectivity index (χ0n) is 10.9. The zero-order chi connectivity index (χ0) is 13.4. The van der Waals surface area contributed by atoms with E-state index >= 15 is 0 Å². The van der Waals surface area contributed by atoms with E-state index in [9.17, 15) is 4.21 Å². The van der Waals surface area contributed by atoms with Crippen molar-refractivity contribution in [3.05, 3.63) is 0 Å². The van der Waals surface area contributed by atoms with Crippen LogP contribution in [0.5, 0.6) is 6.01 Å². The van der Waals surface area contributed by atoms with E-state index in [0.717, 1.165) is 6.42 Å². The van der Waals surface area contributed by atoms with Crippen LogP contribution in [0.15, 0.2) is 0 Å². The van der Waals surface area contributed by atoms with Gasteiger partial charge in [-0.2, -0.15) is 15.0 Å². The van der Waals surface area contributed by atoms with Gasteiger partial charge in [-0.3, -0.25) is 4.21 Å². The van der Waals surface area contributed by atoms with Gasteiger partial charge in [-0.15, -0.1) is 0 Å². The van der Waals surface area contributed by atoms with Crippen LogP contribution in [0.1, 0.15) is 13.3 Å². The summed E-state index contributed by atoms with van der Waals surface area (Å²) in [6.45, 7) is 3.03. The highest BCUT2D eigenvalue weighted by molar-refractivity contribution is 7.84. The first-order chi connectivity index (χ1) is 8.65. The van der Waals surface area contributed by atoms with Crippen LogP contribution in [0.3, 0.4) is 0 Å². The lowest BCUT2D eigenvalue weighted by Crippen LogP contribution is -2.11. The lowest BCUT2D eigenvalue weighted by atomic mass is 10.5. The molecule has 0 saturated heterocycles. The predicted molar refractivity (Wildman–Crippen MR) is 72.6 cm³/mol. The highest BCUT2D eigenvalue weighted by Gasteiger charge is 2.05. The molecule has 0 spiro atoms. The van der Waals surface area contributed by atoms with Gasteiger partial charge in [0.1, 0.15) is 0 Å². The number of hydrogen-bond donors (Lipinski definition) is 2. The third kappa shape index (κ3) is 5.26. The second-order valence-electron chi connectivity index (χ2n) is 3.51. The highest BCUT2D eigenvalue weighted by Crippen LogP contribution is 2.10. The molecule has 1 rings (SSSR count). The van der Waals surface area contributed by atoms with Crippen LogP contribution in [-0.2, 0) is 10.8 Å². The Kier molecular flexibility index (Phi) is 6.34. The molecule has 0 fully saturated rings. The van der Waals surface area contributed by atoms with Crippen LogP contribution < -0.4 is 15.4 Å². The lowest BCUT2D eigenvalue weighted by Gasteiger charge is -2.08. The molecule has 102 valence electrons. The largest absolute Gasteiger partial charge is 0.464 e. The molecule has 0 aliphatic heterocycles. The number of nitrogens with one attached hydrogen (secondary N) is 2. The molecule has 1 atom stereocenters. The fourth-order valence-electron chi connectivity index (χ4n) is 1.22. The first kappa shape index (κ1) is 14.6. The topological polar surface area (TPSA) is 89.0 Å². The molecule has 8 heteroatoms. The molecule has 0 aliphatic carbocycles. The second kappa shape index (κ2) is 7.80. The molecule has 7 nitrogen and oxygen atoms in total. The predicted octanol–water partition coefficient (Wildman–Crippen LogP) is 0.492. The van der Waals surface area contributed by atoms with Crippen LogP contribution in [0.25, 0.3) is 0 Å². The Hall–Kier alpha value is -1.44. The van der Waals surface area contributed by atoms with Crippen molar-refractivity contribution in [3.8, 4) is 6.01 Å². The van der Waals surface area contributed by atoms with Gasteiger partial charge in [0.25, 0.3) is 0 Å². The summed E-state index contributed by atoms with van der Waals surface area (Å²) in [5.41, 5.74) is 0. The van der Waals surface area contributed by atoms with Gasteiger partial charge in [-0.25, -0.2) is 0 Å². The van der Waals surface area contributed by atoms with Crippen molar-refractivity contribution >= 4 is 22.7 Å². The van der Waals surface area contributed by atoms with E-state index in [2.05, 4.69) is 25.6 Å². The van der Waals surface area contributed by atoms with Gasteiger partial charge in [0, 0.05) is 36.4 Å². The van der Waals surface area contributed by atoms with Crippen molar-refractivity contribution in [3.63, 3.8) is 0 Å². The van der Waals surface area contributed by atoms with Crippen LogP contribution >= 0.6 is 0 Å². The molecule has 0 amide bonds. The molecule has 0 radical (unpaired) electrons. The number of hydrogen-bond acceptors (Lipinski definition) is 7. The minimum atomic E-state index is -0.767. The molecule has 0 aliphatic rings. The lowest BCUT2D eigenvalue weighted by molar-refractivity contribution is 0.312. The fraction of sp³-hybridized carbons (Fsp3) is 0.700. The molecule has 18 heavy (non-hydrogen) atoms. The van der Waals surface area contributed by atoms with Crippen LogP contribution in [0.4, 0.5) is 11.9 Å². The Balaban J connectivity index is 2.57. The van der Waals surface area contributed by atoms with E-state index in [4.69, 9.17) is 4.74 Å². The van der Waals surface area contributed by atoms with Crippen LogP contribution in [0.2, 0.25) is 0 Å². The number of rotatable bonds is 8. The number of ether oxygens (including phenoxy) is 1. The average molecular weight is 273 g/mol. The normalized spacial score (nSPS) is 11.9. The maximum atomic E-state index is 10.9. The van der Waals surface area contributed by atoms with Crippen LogP contribution in [-0.4, -0.2) is 51.4 Å². The molecule has 0 saturated carbocycles. The molecular formula is C10H19N5O2S. The summed E-state index contributed by atoms with van der Waals surface area (Å²) in [7, 11) is 0.964. The van der Waals surface area contributed by atoms with Gasteiger partial charge in [0.15, 0.2) is 0 Å². The standard InChI is InChI=1S/C10H19N5O2S/c1-4-17-10-14-8(11-2)13-9(15-10)12-6-5-7-18(3)16/h4-7H2,1-3H3,(H2,11,12,13,14,15). The minimum absolute atomic E-state index is 0.290. The van der Waals surface area contributed by atoms with E-state index in [-0.39, 0.29) is 0 Å². The molecule has 0 bridgehead atoms. The molecule has 1 aromatic rings. The molecular weight excluding hydrogens is 254 g/mol. The summed E-state index contributed by atoms with van der Waals surface area (Å²) in [6.07, 6.45) is 2.49. The third-order valence-corrected chi connectivity index (χ3v) is 2.87. The smallest absolute Gasteiger partial charge is 0.323 e. The Bertz CT molecular complexity index is 402. The monoisotopic (exact) mass is 273 g/mol. The summed E-state index contributed by atoms with van der Waals surface area (Å²) in [5.74, 6) is 1.57. The van der Waals surface area contributed by atoms with E-state index in [1.54, 1.807) is 13.3 Å². The Morgan fingerprint density at radius 1 is 1.28 bits per heavy atom. The van der Waals surface area contributed by atoms with Crippen molar-refractivity contribution in [2.24, 2.45) is 0 Å². The first-order valence-electron chi connectivity index (χ1n) is 5.76. The van der Waals surface area contributed by atoms with Crippen LogP contribution in [0, 0.1) is 0 Å². The van der Waals surface area contributed by atoms with Gasteiger partial charge >= 0.3 is 6.01 Å². The number of aromatic nitrogens is 3. The Morgan fingerprint density at radius 3 is 2.61 bits per heavy atom. The maximum absolute atomic E-state index is 10.9. The molecule has 1 unspecified atom stereocenters. The van der Waals surface area contributed by atoms with E-state index in [1.165, 1.54) is 0 Å². The van der Waals surface area contributed by atoms with E-state index in [1.807, 2.05) is 6.92 Å². The number of nitrogens with zero attached hydrogens (tertiary/aromatic N) is 3. The van der Waals surface area contributed by atoms with Gasteiger partial charge in [-0.1, -0.05) is 0 Å². The average Bonchev–Trinajstić information content (AvgIpc) is 2.34. The number of anilines is 2. The van der Waals surface area contributed by atoms with Crippen molar-refractivity contribution in [2.75, 3.05) is 42.8 Å². The van der Waals surface area contributed by atoms with Crippen molar-refractivity contribution in [1.82, 2.24) is 15.0 Å². The van der Waals surface area contributed by atoms with Crippen molar-refractivity contribution in [1.29, 1.82) is 0 Å². The van der Waals surface area contributed by atoms with Gasteiger partial charge in [0.2, 0.25) is 11.9 Å². The van der Waals surface area contributed by atoms with Gasteiger partial charge in [0.05, 0.1) is 6.61 Å². The third-order valence-electron chi connectivity index (χ3n) is 2.00. The summed E-state index contributed by atoms with van der Waals surface area (Å²) < 4.78 is 16.1. The highest BCUT2D eigenvalue weighted by atomic mass is 32.2. The molecule has 2 N–H and O–H groups in total. The molecule has 0 aromatic carbocycles. The van der Waals surface area contributed by atoms with Crippen molar-refractivity contribution < 1.29 is 8.95 Å². The Labute approximate surface area is 109 Å². The summed E-state index contributed by atoms with van der Waals surface area (Å²) in [6, 6.07) is 0.290. The molecule has 1 aromatic heterocycles. The fourth-order valence-corrected chi connectivity index (χ4v) is 1.77. The summed E-state index contributed by atoms with van der Waals surface area (Å²) >= 11 is 0. The first-order valence-corrected chi connectivity index (χ1v) is 7.49. The van der Waals surface area contributed by atoms with Gasteiger partial charge in [-0.05, 0) is 13.3 Å². The minimum Gasteiger partial charge on any atom is -0.464 e. The van der Waals surface area contributed by atoms with E-state index < -0.39 is 10.8 Å². The van der Waals surface area contributed by atoms with Crippen molar-refractivity contribution in [2.45, 2.75) is 13.3 Å². The quantitative estimate of drug-likeness (QED) is 0.666. The molecule has 1 heterocycles. The van der Waals surface area contributed by atoms with E-state index in [0.29, 0.717) is 36.8 Å². The summed E-state index contributed by atoms with van der Waals surface area (Å²) in [4.78, 5) is 12.3. The zero-order valence-corrected chi connectivity index (χ0v) is 11.7. The SMILES string of the molecule is CCOc1nc(NC)nc(NCCCS(C)=O)n1. The maximum Gasteiger partial charge on any atom is 0.323 e.